The summed E-state index contributed by atoms with van der Waals surface area (Å²) in [6.07, 6.45) is 0.933. The summed E-state index contributed by atoms with van der Waals surface area (Å²) in [5.74, 6) is 0.539. The number of nitrogens with one attached hydrogen (secondary N) is 1. The third-order valence-electron chi connectivity index (χ3n) is 2.95. The molecule has 21 heavy (non-hydrogen) atoms. The van der Waals surface area contributed by atoms with Crippen molar-refractivity contribution in [2.24, 2.45) is 5.92 Å². The van der Waals surface area contributed by atoms with Crippen LogP contribution in [-0.4, -0.2) is 8.42 Å². The molecule has 5 heteroatoms. The van der Waals surface area contributed by atoms with Gasteiger partial charge in [0, 0.05) is 5.02 Å². The van der Waals surface area contributed by atoms with Crippen LogP contribution in [0.3, 0.4) is 0 Å². The fourth-order valence-electron chi connectivity index (χ4n) is 2.04. The molecule has 0 spiro atoms. The zero-order valence-electron chi connectivity index (χ0n) is 12.0. The predicted molar refractivity (Wildman–Crippen MR) is 87.2 cm³/mol. The Morgan fingerprint density at radius 2 is 1.76 bits per heavy atom. The van der Waals surface area contributed by atoms with Crippen LogP contribution in [0.5, 0.6) is 0 Å². The minimum Gasteiger partial charge on any atom is -0.280 e. The largest absolute Gasteiger partial charge is 0.280 e. The Labute approximate surface area is 131 Å². The van der Waals surface area contributed by atoms with Crippen molar-refractivity contribution in [3.8, 4) is 0 Å². The van der Waals surface area contributed by atoms with E-state index >= 15 is 0 Å². The van der Waals surface area contributed by atoms with Crippen molar-refractivity contribution in [1.29, 1.82) is 0 Å². The molecule has 2 aromatic carbocycles. The van der Waals surface area contributed by atoms with Crippen molar-refractivity contribution >= 4 is 27.3 Å². The normalized spacial score (nSPS) is 11.6. The summed E-state index contributed by atoms with van der Waals surface area (Å²) >= 11 is 5.85. The van der Waals surface area contributed by atoms with Gasteiger partial charge in [-0.15, -0.1) is 0 Å². The lowest BCUT2D eigenvalue weighted by molar-refractivity contribution is 0.601. The third-order valence-corrected chi connectivity index (χ3v) is 4.59. The summed E-state index contributed by atoms with van der Waals surface area (Å²) in [5.41, 5.74) is 1.58. The standard InChI is InChI=1S/C16H18ClNO2S/c1-12(2)10-13-6-8-16(9-7-13)21(19,20)18-15-5-3-4-14(17)11-15/h3-9,11-12,18H,10H2,1-2H3. The lowest BCUT2D eigenvalue weighted by atomic mass is 10.0. The average Bonchev–Trinajstić information content (AvgIpc) is 2.38. The van der Waals surface area contributed by atoms with Crippen molar-refractivity contribution in [3.63, 3.8) is 0 Å². The second kappa shape index (κ2) is 6.50. The van der Waals surface area contributed by atoms with Gasteiger partial charge in [-0.3, -0.25) is 4.72 Å². The number of benzene rings is 2. The molecule has 0 atom stereocenters. The number of rotatable bonds is 5. The summed E-state index contributed by atoms with van der Waals surface area (Å²) in [4.78, 5) is 0.245. The fraction of sp³-hybridized carbons (Fsp3) is 0.250. The summed E-state index contributed by atoms with van der Waals surface area (Å²) in [6.45, 7) is 4.26. The van der Waals surface area contributed by atoms with Crippen LogP contribution >= 0.6 is 11.6 Å². The SMILES string of the molecule is CC(C)Cc1ccc(S(=O)(=O)Nc2cccc(Cl)c2)cc1. The van der Waals surface area contributed by atoms with Crippen LogP contribution in [0.4, 0.5) is 5.69 Å². The molecule has 112 valence electrons. The van der Waals surface area contributed by atoms with Crippen molar-refractivity contribution in [2.45, 2.75) is 25.2 Å². The molecular formula is C16H18ClNO2S. The monoisotopic (exact) mass is 323 g/mol. The van der Waals surface area contributed by atoms with Gasteiger partial charge in [0.15, 0.2) is 0 Å². The molecule has 0 fully saturated rings. The molecule has 2 rings (SSSR count). The molecule has 0 saturated carbocycles. The van der Waals surface area contributed by atoms with Gasteiger partial charge in [0.25, 0.3) is 10.0 Å². The van der Waals surface area contributed by atoms with Crippen LogP contribution in [0.15, 0.2) is 53.4 Å². The van der Waals surface area contributed by atoms with Gasteiger partial charge in [-0.05, 0) is 48.2 Å². The van der Waals surface area contributed by atoms with Crippen molar-refractivity contribution in [2.75, 3.05) is 4.72 Å². The zero-order valence-corrected chi connectivity index (χ0v) is 13.6. The third kappa shape index (κ3) is 4.48. The average molecular weight is 324 g/mol. The van der Waals surface area contributed by atoms with Gasteiger partial charge < -0.3 is 0 Å². The van der Waals surface area contributed by atoms with E-state index in [2.05, 4.69) is 18.6 Å². The van der Waals surface area contributed by atoms with Crippen LogP contribution in [-0.2, 0) is 16.4 Å². The number of hydrogen-bond donors (Lipinski definition) is 1. The molecule has 0 unspecified atom stereocenters. The molecule has 3 nitrogen and oxygen atoms in total. The maximum atomic E-state index is 12.3. The molecule has 0 aliphatic carbocycles. The number of halogens is 1. The second-order valence-corrected chi connectivity index (χ2v) is 7.48. The molecule has 0 amide bonds. The van der Waals surface area contributed by atoms with E-state index in [1.165, 1.54) is 0 Å². The molecule has 0 radical (unpaired) electrons. The quantitative estimate of drug-likeness (QED) is 0.889. The molecular weight excluding hydrogens is 306 g/mol. The maximum absolute atomic E-state index is 12.3. The highest BCUT2D eigenvalue weighted by Crippen LogP contribution is 2.20. The minimum absolute atomic E-state index is 0.245. The van der Waals surface area contributed by atoms with E-state index in [9.17, 15) is 8.42 Å². The highest BCUT2D eigenvalue weighted by atomic mass is 35.5. The fourth-order valence-corrected chi connectivity index (χ4v) is 3.28. The first kappa shape index (κ1) is 15.9. The first-order chi connectivity index (χ1) is 9.87. The van der Waals surface area contributed by atoms with E-state index in [4.69, 9.17) is 11.6 Å². The first-order valence-corrected chi connectivity index (χ1v) is 8.60. The Kier molecular flexibility index (Phi) is 4.91. The summed E-state index contributed by atoms with van der Waals surface area (Å²) in [5, 5.41) is 0.488. The molecule has 0 heterocycles. The predicted octanol–water partition coefficient (Wildman–Crippen LogP) is 4.34. The number of anilines is 1. The van der Waals surface area contributed by atoms with Gasteiger partial charge >= 0.3 is 0 Å². The van der Waals surface area contributed by atoms with E-state index in [1.54, 1.807) is 36.4 Å². The molecule has 0 aliphatic rings. The first-order valence-electron chi connectivity index (χ1n) is 6.74. The van der Waals surface area contributed by atoms with Gasteiger partial charge in [0.2, 0.25) is 0 Å². The van der Waals surface area contributed by atoms with Gasteiger partial charge in [0.1, 0.15) is 0 Å². The van der Waals surface area contributed by atoms with E-state index in [0.29, 0.717) is 16.6 Å². The number of hydrogen-bond acceptors (Lipinski definition) is 2. The van der Waals surface area contributed by atoms with Crippen molar-refractivity contribution < 1.29 is 8.42 Å². The van der Waals surface area contributed by atoms with Gasteiger partial charge in [-0.25, -0.2) is 8.42 Å². The van der Waals surface area contributed by atoms with E-state index in [0.717, 1.165) is 12.0 Å². The van der Waals surface area contributed by atoms with Gasteiger partial charge in [0.05, 0.1) is 10.6 Å². The van der Waals surface area contributed by atoms with Crippen molar-refractivity contribution in [1.82, 2.24) is 0 Å². The summed E-state index contributed by atoms with van der Waals surface area (Å²) in [6, 6.07) is 13.6. The lowest BCUT2D eigenvalue weighted by Gasteiger charge is -2.10. The Morgan fingerprint density at radius 3 is 2.33 bits per heavy atom. The molecule has 0 aliphatic heterocycles. The summed E-state index contributed by atoms with van der Waals surface area (Å²) < 4.78 is 27.1. The van der Waals surface area contributed by atoms with E-state index in [-0.39, 0.29) is 4.90 Å². The molecule has 0 bridgehead atoms. The topological polar surface area (TPSA) is 46.2 Å². The van der Waals surface area contributed by atoms with Crippen LogP contribution < -0.4 is 4.72 Å². The summed E-state index contributed by atoms with van der Waals surface area (Å²) in [7, 11) is -3.58. The molecule has 1 N–H and O–H groups in total. The Balaban J connectivity index is 2.19. The maximum Gasteiger partial charge on any atom is 0.261 e. The molecule has 2 aromatic rings. The number of sulfonamides is 1. The van der Waals surface area contributed by atoms with Crippen molar-refractivity contribution in [3.05, 3.63) is 59.1 Å². The second-order valence-electron chi connectivity index (χ2n) is 5.36. The lowest BCUT2D eigenvalue weighted by Crippen LogP contribution is -2.13. The highest BCUT2D eigenvalue weighted by molar-refractivity contribution is 7.92. The van der Waals surface area contributed by atoms with E-state index < -0.39 is 10.0 Å². The van der Waals surface area contributed by atoms with Crippen LogP contribution in [0.1, 0.15) is 19.4 Å². The smallest absolute Gasteiger partial charge is 0.261 e. The van der Waals surface area contributed by atoms with Gasteiger partial charge in [-0.2, -0.15) is 0 Å². The molecule has 0 saturated heterocycles. The minimum atomic E-state index is -3.58. The Morgan fingerprint density at radius 1 is 1.10 bits per heavy atom. The van der Waals surface area contributed by atoms with Gasteiger partial charge in [-0.1, -0.05) is 43.6 Å². The van der Waals surface area contributed by atoms with Crippen LogP contribution in [0, 0.1) is 5.92 Å². The highest BCUT2D eigenvalue weighted by Gasteiger charge is 2.14. The molecule has 0 aromatic heterocycles. The Bertz CT molecular complexity index is 709. The Hall–Kier alpha value is -1.52. The van der Waals surface area contributed by atoms with Crippen LogP contribution in [0.25, 0.3) is 0 Å². The zero-order chi connectivity index (χ0) is 15.5. The van der Waals surface area contributed by atoms with E-state index in [1.807, 2.05) is 12.1 Å². The van der Waals surface area contributed by atoms with Crippen LogP contribution in [0.2, 0.25) is 5.02 Å².